The number of methoxy groups -OCH3 is 1. The zero-order chi connectivity index (χ0) is 16.2. The van der Waals surface area contributed by atoms with E-state index < -0.39 is 10.0 Å². The van der Waals surface area contributed by atoms with Crippen LogP contribution in [0.5, 0.6) is 5.75 Å². The number of carbonyl (C=O) groups is 1. The Morgan fingerprint density at radius 1 is 1.38 bits per heavy atom. The minimum absolute atomic E-state index is 0.0574. The van der Waals surface area contributed by atoms with Crippen molar-refractivity contribution < 1.29 is 17.9 Å². The number of carbonyl (C=O) groups excluding carboxylic acids is 1. The molecule has 21 heavy (non-hydrogen) atoms. The number of nitrogens with zero attached hydrogens (tertiary/aromatic N) is 1. The third-order valence-electron chi connectivity index (χ3n) is 3.17. The number of hydrogen-bond donors (Lipinski definition) is 1. The molecule has 0 saturated heterocycles. The fraction of sp³-hybridized carbons (Fsp3) is 0.500. The van der Waals surface area contributed by atoms with Gasteiger partial charge in [0.05, 0.1) is 13.5 Å². The Morgan fingerprint density at radius 2 is 2.00 bits per heavy atom. The number of sulfonamides is 1. The number of benzene rings is 1. The molecule has 1 rings (SSSR count). The molecule has 0 aliphatic rings. The summed E-state index contributed by atoms with van der Waals surface area (Å²) < 4.78 is 28.1. The Kier molecular flexibility index (Phi) is 5.74. The van der Waals surface area contributed by atoms with Crippen LogP contribution in [0.15, 0.2) is 23.1 Å². The van der Waals surface area contributed by atoms with Crippen LogP contribution in [0.2, 0.25) is 0 Å². The smallest absolute Gasteiger partial charge is 0.241 e. The minimum Gasteiger partial charge on any atom is -0.495 e. The van der Waals surface area contributed by atoms with Gasteiger partial charge in [-0.25, -0.2) is 13.6 Å². The normalized spacial score (nSPS) is 11.5. The Balaban J connectivity index is 3.09. The molecule has 0 radical (unpaired) electrons. The van der Waals surface area contributed by atoms with Crippen LogP contribution in [0.1, 0.15) is 26.3 Å². The van der Waals surface area contributed by atoms with Crippen molar-refractivity contribution in [3.8, 4) is 5.75 Å². The van der Waals surface area contributed by atoms with Gasteiger partial charge in [-0.2, -0.15) is 0 Å². The maximum absolute atomic E-state index is 12.2. The van der Waals surface area contributed by atoms with E-state index in [1.165, 1.54) is 19.2 Å². The number of primary sulfonamides is 1. The number of hydrogen-bond acceptors (Lipinski definition) is 4. The van der Waals surface area contributed by atoms with E-state index in [0.29, 0.717) is 12.1 Å². The van der Waals surface area contributed by atoms with Gasteiger partial charge >= 0.3 is 0 Å². The summed E-state index contributed by atoms with van der Waals surface area (Å²) in [6.07, 6.45) is 0.124. The van der Waals surface area contributed by atoms with E-state index >= 15 is 0 Å². The monoisotopic (exact) mass is 314 g/mol. The molecular weight excluding hydrogens is 292 g/mol. The van der Waals surface area contributed by atoms with E-state index in [4.69, 9.17) is 9.88 Å². The van der Waals surface area contributed by atoms with Crippen LogP contribution in [-0.2, 0) is 21.2 Å². The molecule has 2 N–H and O–H groups in total. The Labute approximate surface area is 125 Å². The summed E-state index contributed by atoms with van der Waals surface area (Å²) in [4.78, 5) is 13.8. The summed E-state index contributed by atoms with van der Waals surface area (Å²) in [6.45, 7) is 6.38. The van der Waals surface area contributed by atoms with E-state index in [9.17, 15) is 13.2 Å². The third-order valence-corrected chi connectivity index (χ3v) is 4.11. The molecule has 0 saturated carbocycles. The average Bonchev–Trinajstić information content (AvgIpc) is 2.37. The Bertz CT molecular complexity index is 611. The summed E-state index contributed by atoms with van der Waals surface area (Å²) in [7, 11) is -2.53. The lowest BCUT2D eigenvalue weighted by Gasteiger charge is -2.25. The summed E-state index contributed by atoms with van der Waals surface area (Å²) in [6, 6.07) is 4.66. The summed E-state index contributed by atoms with van der Waals surface area (Å²) in [5.74, 6) is 0.114. The van der Waals surface area contributed by atoms with Crippen LogP contribution < -0.4 is 9.88 Å². The van der Waals surface area contributed by atoms with E-state index in [2.05, 4.69) is 0 Å². The van der Waals surface area contributed by atoms with Gasteiger partial charge in [-0.3, -0.25) is 4.79 Å². The quantitative estimate of drug-likeness (QED) is 0.852. The highest BCUT2D eigenvalue weighted by Crippen LogP contribution is 2.24. The highest BCUT2D eigenvalue weighted by Gasteiger charge is 2.19. The van der Waals surface area contributed by atoms with Gasteiger partial charge in [0.25, 0.3) is 0 Å². The van der Waals surface area contributed by atoms with Crippen LogP contribution in [0.3, 0.4) is 0 Å². The van der Waals surface area contributed by atoms with Gasteiger partial charge in [0, 0.05) is 12.6 Å². The lowest BCUT2D eigenvalue weighted by molar-refractivity contribution is -0.131. The molecule has 1 aromatic rings. The molecule has 0 aliphatic heterocycles. The second-order valence-electron chi connectivity index (χ2n) is 4.98. The molecule has 0 spiro atoms. The first-order valence-electron chi connectivity index (χ1n) is 6.69. The molecule has 7 heteroatoms. The van der Waals surface area contributed by atoms with Gasteiger partial charge in [0.15, 0.2) is 0 Å². The van der Waals surface area contributed by atoms with Crippen LogP contribution >= 0.6 is 0 Å². The van der Waals surface area contributed by atoms with Crippen molar-refractivity contribution in [3.63, 3.8) is 0 Å². The summed E-state index contributed by atoms with van der Waals surface area (Å²) in [5, 5.41) is 5.16. The maximum atomic E-state index is 12.2. The molecular formula is C14H22N2O4S. The third kappa shape index (κ3) is 4.44. The lowest BCUT2D eigenvalue weighted by Crippen LogP contribution is -2.37. The molecule has 1 aromatic carbocycles. The second kappa shape index (κ2) is 6.91. The molecule has 0 atom stereocenters. The standard InChI is InChI=1S/C14H22N2O4S/c1-5-16(10(2)3)14(17)9-11-6-7-12(20-4)13(8-11)21(15,18)19/h6-8,10H,5,9H2,1-4H3,(H2,15,18,19). The molecule has 0 aromatic heterocycles. The Morgan fingerprint density at radius 3 is 2.43 bits per heavy atom. The van der Waals surface area contributed by atoms with E-state index in [0.717, 1.165) is 0 Å². The molecule has 1 amide bonds. The second-order valence-corrected chi connectivity index (χ2v) is 6.51. The fourth-order valence-corrected chi connectivity index (χ4v) is 2.91. The van der Waals surface area contributed by atoms with E-state index in [1.807, 2.05) is 20.8 Å². The molecule has 0 heterocycles. The van der Waals surface area contributed by atoms with Crippen molar-refractivity contribution in [1.29, 1.82) is 0 Å². The van der Waals surface area contributed by atoms with E-state index in [1.54, 1.807) is 11.0 Å². The first kappa shape index (κ1) is 17.5. The summed E-state index contributed by atoms with van der Waals surface area (Å²) >= 11 is 0. The topological polar surface area (TPSA) is 89.7 Å². The SMILES string of the molecule is CCN(C(=O)Cc1ccc(OC)c(S(N)(=O)=O)c1)C(C)C. The first-order valence-corrected chi connectivity index (χ1v) is 8.24. The molecule has 0 unspecified atom stereocenters. The maximum Gasteiger partial charge on any atom is 0.241 e. The van der Waals surface area contributed by atoms with Crippen molar-refractivity contribution in [2.75, 3.05) is 13.7 Å². The van der Waals surface area contributed by atoms with Crippen molar-refractivity contribution >= 4 is 15.9 Å². The van der Waals surface area contributed by atoms with Crippen LogP contribution in [0.4, 0.5) is 0 Å². The van der Waals surface area contributed by atoms with Gasteiger partial charge in [-0.1, -0.05) is 6.07 Å². The highest BCUT2D eigenvalue weighted by atomic mass is 32.2. The number of nitrogens with two attached hydrogens (primary N) is 1. The predicted octanol–water partition coefficient (Wildman–Crippen LogP) is 1.14. The van der Waals surface area contributed by atoms with Crippen molar-refractivity contribution in [2.45, 2.75) is 38.1 Å². The molecule has 0 aliphatic carbocycles. The molecule has 6 nitrogen and oxygen atoms in total. The number of amides is 1. The fourth-order valence-electron chi connectivity index (χ4n) is 2.16. The van der Waals surface area contributed by atoms with Crippen molar-refractivity contribution in [1.82, 2.24) is 4.90 Å². The molecule has 118 valence electrons. The van der Waals surface area contributed by atoms with Gasteiger partial charge in [-0.15, -0.1) is 0 Å². The lowest BCUT2D eigenvalue weighted by atomic mass is 10.1. The van der Waals surface area contributed by atoms with Crippen LogP contribution in [-0.4, -0.2) is 38.9 Å². The predicted molar refractivity (Wildman–Crippen MR) is 80.6 cm³/mol. The minimum atomic E-state index is -3.90. The average molecular weight is 314 g/mol. The zero-order valence-corrected chi connectivity index (χ0v) is 13.6. The molecule has 0 fully saturated rings. The van der Waals surface area contributed by atoms with E-state index in [-0.39, 0.29) is 29.0 Å². The van der Waals surface area contributed by atoms with Crippen molar-refractivity contribution in [3.05, 3.63) is 23.8 Å². The van der Waals surface area contributed by atoms with Gasteiger partial charge in [0.1, 0.15) is 10.6 Å². The molecule has 0 bridgehead atoms. The highest BCUT2D eigenvalue weighted by molar-refractivity contribution is 7.89. The van der Waals surface area contributed by atoms with Crippen LogP contribution in [0, 0.1) is 0 Å². The number of rotatable bonds is 6. The van der Waals surface area contributed by atoms with Crippen molar-refractivity contribution in [2.24, 2.45) is 5.14 Å². The van der Waals surface area contributed by atoms with Gasteiger partial charge < -0.3 is 9.64 Å². The Hall–Kier alpha value is -1.60. The number of likely N-dealkylation sites (N-methyl/N-ethyl adjacent to an activating group) is 1. The largest absolute Gasteiger partial charge is 0.495 e. The number of ether oxygens (including phenoxy) is 1. The van der Waals surface area contributed by atoms with Gasteiger partial charge in [-0.05, 0) is 38.5 Å². The summed E-state index contributed by atoms with van der Waals surface area (Å²) in [5.41, 5.74) is 0.587. The first-order chi connectivity index (χ1) is 9.70. The zero-order valence-electron chi connectivity index (χ0n) is 12.8. The van der Waals surface area contributed by atoms with Gasteiger partial charge in [0.2, 0.25) is 15.9 Å². The van der Waals surface area contributed by atoms with Crippen LogP contribution in [0.25, 0.3) is 0 Å².